The lowest BCUT2D eigenvalue weighted by Gasteiger charge is -2.09. The highest BCUT2D eigenvalue weighted by atomic mass is 79.9. The molecule has 15 heavy (non-hydrogen) atoms. The molecular formula is C7H4BrF3N2O2. The van der Waals surface area contributed by atoms with Crippen LogP contribution >= 0.6 is 15.9 Å². The zero-order chi connectivity index (χ0) is 11.8. The molecule has 0 aromatic heterocycles. The maximum Gasteiger partial charge on any atom is 0.417 e. The Bertz CT molecular complexity index is 419. The second-order valence-corrected chi connectivity index (χ2v) is 3.50. The Labute approximate surface area is 90.2 Å². The van der Waals surface area contributed by atoms with Gasteiger partial charge in [0, 0.05) is 10.5 Å². The molecule has 0 spiro atoms. The second kappa shape index (κ2) is 3.69. The van der Waals surface area contributed by atoms with Crippen LogP contribution in [0, 0.1) is 10.1 Å². The predicted molar refractivity (Wildman–Crippen MR) is 50.2 cm³/mol. The number of nitro benzene ring substituents is 1. The van der Waals surface area contributed by atoms with Crippen LogP contribution < -0.4 is 5.73 Å². The quantitative estimate of drug-likeness (QED) is 0.490. The molecular weight excluding hydrogens is 281 g/mol. The number of benzene rings is 1. The van der Waals surface area contributed by atoms with E-state index in [9.17, 15) is 23.3 Å². The Hall–Kier alpha value is -1.31. The highest BCUT2D eigenvalue weighted by molar-refractivity contribution is 9.10. The van der Waals surface area contributed by atoms with Crippen molar-refractivity contribution in [1.82, 2.24) is 0 Å². The molecule has 0 atom stereocenters. The maximum atomic E-state index is 12.3. The summed E-state index contributed by atoms with van der Waals surface area (Å²) in [5.74, 6) is 0. The lowest BCUT2D eigenvalue weighted by atomic mass is 10.1. The Morgan fingerprint density at radius 1 is 1.40 bits per heavy atom. The molecule has 0 bridgehead atoms. The zero-order valence-corrected chi connectivity index (χ0v) is 8.59. The van der Waals surface area contributed by atoms with Crippen molar-refractivity contribution in [3.05, 3.63) is 32.3 Å². The van der Waals surface area contributed by atoms with Crippen molar-refractivity contribution < 1.29 is 18.1 Å². The minimum atomic E-state index is -4.60. The van der Waals surface area contributed by atoms with Gasteiger partial charge in [0.25, 0.3) is 5.69 Å². The molecule has 2 N–H and O–H groups in total. The predicted octanol–water partition coefficient (Wildman–Crippen LogP) is 2.96. The number of nitrogen functional groups attached to an aromatic ring is 1. The van der Waals surface area contributed by atoms with Gasteiger partial charge in [-0.1, -0.05) is 0 Å². The third-order valence-electron chi connectivity index (χ3n) is 1.62. The van der Waals surface area contributed by atoms with Gasteiger partial charge in [0.2, 0.25) is 0 Å². The molecule has 0 aliphatic heterocycles. The number of anilines is 1. The highest BCUT2D eigenvalue weighted by Crippen LogP contribution is 2.39. The summed E-state index contributed by atoms with van der Waals surface area (Å²) in [6, 6.07) is 1.26. The van der Waals surface area contributed by atoms with E-state index in [1.807, 2.05) is 0 Å². The number of hydrogen-bond acceptors (Lipinski definition) is 3. The van der Waals surface area contributed by atoms with Crippen molar-refractivity contribution in [2.75, 3.05) is 5.73 Å². The Balaban J connectivity index is 3.39. The molecule has 1 aromatic rings. The maximum absolute atomic E-state index is 12.3. The van der Waals surface area contributed by atoms with Crippen LogP contribution in [0.5, 0.6) is 0 Å². The fraction of sp³-hybridized carbons (Fsp3) is 0.143. The average Bonchev–Trinajstić information content (AvgIpc) is 2.06. The molecule has 82 valence electrons. The van der Waals surface area contributed by atoms with E-state index in [4.69, 9.17) is 5.73 Å². The van der Waals surface area contributed by atoms with E-state index in [1.54, 1.807) is 0 Å². The van der Waals surface area contributed by atoms with Gasteiger partial charge in [0.15, 0.2) is 0 Å². The van der Waals surface area contributed by atoms with Gasteiger partial charge in [-0.15, -0.1) is 0 Å². The minimum absolute atomic E-state index is 0.407. The second-order valence-electron chi connectivity index (χ2n) is 2.65. The number of rotatable bonds is 1. The van der Waals surface area contributed by atoms with Gasteiger partial charge in [-0.2, -0.15) is 13.2 Å². The van der Waals surface area contributed by atoms with Crippen LogP contribution in [0.4, 0.5) is 24.5 Å². The SMILES string of the molecule is Nc1cc(C(F)(F)F)c(Br)cc1[N+](=O)[O-]. The van der Waals surface area contributed by atoms with Crippen molar-refractivity contribution in [1.29, 1.82) is 0 Å². The Kier molecular flexibility index (Phi) is 2.89. The van der Waals surface area contributed by atoms with Crippen LogP contribution in [0.25, 0.3) is 0 Å². The number of halogens is 4. The third kappa shape index (κ3) is 2.38. The molecule has 0 aliphatic rings. The van der Waals surface area contributed by atoms with Crippen LogP contribution in [0.15, 0.2) is 16.6 Å². The van der Waals surface area contributed by atoms with E-state index >= 15 is 0 Å². The molecule has 0 saturated heterocycles. The summed E-state index contributed by atoms with van der Waals surface area (Å²) in [5.41, 5.74) is 3.01. The van der Waals surface area contributed by atoms with Gasteiger partial charge in [0.1, 0.15) is 5.69 Å². The van der Waals surface area contributed by atoms with Crippen LogP contribution in [0.1, 0.15) is 5.56 Å². The largest absolute Gasteiger partial charge is 0.417 e. The molecule has 0 aliphatic carbocycles. The van der Waals surface area contributed by atoms with E-state index in [0.717, 1.165) is 6.07 Å². The average molecular weight is 285 g/mol. The van der Waals surface area contributed by atoms with Crippen molar-refractivity contribution in [3.8, 4) is 0 Å². The van der Waals surface area contributed by atoms with E-state index < -0.39 is 32.5 Å². The lowest BCUT2D eigenvalue weighted by molar-refractivity contribution is -0.384. The number of hydrogen-bond donors (Lipinski definition) is 1. The zero-order valence-electron chi connectivity index (χ0n) is 7.01. The van der Waals surface area contributed by atoms with Crippen LogP contribution in [-0.4, -0.2) is 4.92 Å². The molecule has 1 aromatic carbocycles. The molecule has 0 saturated carbocycles. The first-order valence-electron chi connectivity index (χ1n) is 3.54. The summed E-state index contributed by atoms with van der Waals surface area (Å²) >= 11 is 2.61. The smallest absolute Gasteiger partial charge is 0.393 e. The van der Waals surface area contributed by atoms with Crippen molar-refractivity contribution in [3.63, 3.8) is 0 Å². The molecule has 0 heterocycles. The molecule has 0 fully saturated rings. The summed E-state index contributed by atoms with van der Waals surface area (Å²) in [5, 5.41) is 10.4. The van der Waals surface area contributed by atoms with Gasteiger partial charge in [0.05, 0.1) is 10.5 Å². The lowest BCUT2D eigenvalue weighted by Crippen LogP contribution is -2.08. The number of nitrogens with zero attached hydrogens (tertiary/aromatic N) is 1. The van der Waals surface area contributed by atoms with E-state index in [2.05, 4.69) is 15.9 Å². The standard InChI is InChI=1S/C7H4BrF3N2O2/c8-4-2-6(13(14)15)5(12)1-3(4)7(9,10)11/h1-2H,12H2. The van der Waals surface area contributed by atoms with Crippen LogP contribution in [0.2, 0.25) is 0 Å². The first-order valence-corrected chi connectivity index (χ1v) is 4.33. The topological polar surface area (TPSA) is 69.2 Å². The number of nitrogens with two attached hydrogens (primary N) is 1. The first-order chi connectivity index (χ1) is 6.73. The fourth-order valence-electron chi connectivity index (χ4n) is 0.955. The van der Waals surface area contributed by atoms with E-state index in [-0.39, 0.29) is 0 Å². The number of alkyl halides is 3. The minimum Gasteiger partial charge on any atom is -0.393 e. The van der Waals surface area contributed by atoms with Crippen molar-refractivity contribution >= 4 is 27.3 Å². The third-order valence-corrected chi connectivity index (χ3v) is 2.27. The van der Waals surface area contributed by atoms with Gasteiger partial charge in [-0.3, -0.25) is 10.1 Å². The van der Waals surface area contributed by atoms with E-state index in [0.29, 0.717) is 6.07 Å². The summed E-state index contributed by atoms with van der Waals surface area (Å²) in [7, 11) is 0. The van der Waals surface area contributed by atoms with Gasteiger partial charge < -0.3 is 5.73 Å². The van der Waals surface area contributed by atoms with Crippen molar-refractivity contribution in [2.45, 2.75) is 6.18 Å². The number of nitro groups is 1. The monoisotopic (exact) mass is 284 g/mol. The molecule has 1 rings (SSSR count). The highest BCUT2D eigenvalue weighted by Gasteiger charge is 2.34. The molecule has 0 radical (unpaired) electrons. The molecule has 0 unspecified atom stereocenters. The van der Waals surface area contributed by atoms with Gasteiger partial charge >= 0.3 is 6.18 Å². The van der Waals surface area contributed by atoms with E-state index in [1.165, 1.54) is 0 Å². The van der Waals surface area contributed by atoms with Crippen molar-refractivity contribution in [2.24, 2.45) is 0 Å². The summed E-state index contributed by atoms with van der Waals surface area (Å²) in [6.45, 7) is 0. The molecule has 0 amide bonds. The molecule has 8 heteroatoms. The van der Waals surface area contributed by atoms with Crippen LogP contribution in [-0.2, 0) is 6.18 Å². The Morgan fingerprint density at radius 2 is 1.93 bits per heavy atom. The summed E-state index contributed by atoms with van der Waals surface area (Å²) < 4.78 is 36.5. The molecule has 4 nitrogen and oxygen atoms in total. The van der Waals surface area contributed by atoms with Gasteiger partial charge in [-0.25, -0.2) is 0 Å². The summed E-state index contributed by atoms with van der Waals surface area (Å²) in [6.07, 6.45) is -4.60. The summed E-state index contributed by atoms with van der Waals surface area (Å²) in [4.78, 5) is 9.51. The van der Waals surface area contributed by atoms with Gasteiger partial charge in [-0.05, 0) is 22.0 Å². The first kappa shape index (κ1) is 11.8. The normalized spacial score (nSPS) is 11.5. The fourth-order valence-corrected chi connectivity index (χ4v) is 1.51. The van der Waals surface area contributed by atoms with Crippen LogP contribution in [0.3, 0.4) is 0 Å². The Morgan fingerprint density at radius 3 is 2.33 bits per heavy atom.